The number of rotatable bonds is 4. The Balaban J connectivity index is 2.06. The molecule has 1 heterocycles. The van der Waals surface area contributed by atoms with Gasteiger partial charge < -0.3 is 9.80 Å². The standard InChI is InChI=1S/C12H19N3O3/c1-4-14(8-5-6-8)9(16)7-15-11(18)13-10(17)12(15,2)3/h8H,4-7H2,1-3H3,(H,13,17,18). The van der Waals surface area contributed by atoms with Crippen LogP contribution >= 0.6 is 0 Å². The summed E-state index contributed by atoms with van der Waals surface area (Å²) in [6, 6.07) is -0.155. The highest BCUT2D eigenvalue weighted by molar-refractivity contribution is 6.07. The molecule has 2 aliphatic rings. The number of hydrogen-bond acceptors (Lipinski definition) is 3. The number of imide groups is 1. The fourth-order valence-electron chi connectivity index (χ4n) is 2.21. The van der Waals surface area contributed by atoms with Gasteiger partial charge in [-0.1, -0.05) is 0 Å². The molecule has 0 aromatic heterocycles. The molecule has 0 radical (unpaired) electrons. The Morgan fingerprint density at radius 2 is 2.06 bits per heavy atom. The molecular formula is C12H19N3O3. The van der Waals surface area contributed by atoms with E-state index in [0.29, 0.717) is 12.6 Å². The van der Waals surface area contributed by atoms with Gasteiger partial charge in [-0.3, -0.25) is 14.9 Å². The van der Waals surface area contributed by atoms with Crippen molar-refractivity contribution in [2.75, 3.05) is 13.1 Å². The van der Waals surface area contributed by atoms with Gasteiger partial charge >= 0.3 is 6.03 Å². The first-order valence-electron chi connectivity index (χ1n) is 6.30. The Bertz CT molecular complexity index is 401. The van der Waals surface area contributed by atoms with Gasteiger partial charge in [-0.15, -0.1) is 0 Å². The van der Waals surface area contributed by atoms with Crippen molar-refractivity contribution < 1.29 is 14.4 Å². The van der Waals surface area contributed by atoms with Crippen molar-refractivity contribution in [2.45, 2.75) is 45.2 Å². The quantitative estimate of drug-likeness (QED) is 0.734. The Morgan fingerprint density at radius 3 is 2.44 bits per heavy atom. The molecular weight excluding hydrogens is 234 g/mol. The maximum atomic E-state index is 12.1. The van der Waals surface area contributed by atoms with E-state index >= 15 is 0 Å². The van der Waals surface area contributed by atoms with Gasteiger partial charge in [-0.25, -0.2) is 4.79 Å². The number of amides is 4. The molecule has 0 bridgehead atoms. The molecule has 100 valence electrons. The molecule has 1 aliphatic carbocycles. The lowest BCUT2D eigenvalue weighted by Gasteiger charge is -2.30. The molecule has 0 aromatic carbocycles. The molecule has 0 unspecified atom stereocenters. The predicted molar refractivity (Wildman–Crippen MR) is 64.7 cm³/mol. The van der Waals surface area contributed by atoms with Crippen LogP contribution in [-0.4, -0.2) is 52.3 Å². The van der Waals surface area contributed by atoms with Gasteiger partial charge in [0.25, 0.3) is 5.91 Å². The van der Waals surface area contributed by atoms with E-state index in [0.717, 1.165) is 12.8 Å². The van der Waals surface area contributed by atoms with E-state index in [1.807, 2.05) is 6.92 Å². The maximum Gasteiger partial charge on any atom is 0.325 e. The molecule has 0 spiro atoms. The number of nitrogens with zero attached hydrogens (tertiary/aromatic N) is 2. The van der Waals surface area contributed by atoms with E-state index in [1.54, 1.807) is 18.7 Å². The monoisotopic (exact) mass is 253 g/mol. The summed E-state index contributed by atoms with van der Waals surface area (Å²) in [7, 11) is 0. The summed E-state index contributed by atoms with van der Waals surface area (Å²) in [6.45, 7) is 5.83. The summed E-state index contributed by atoms with van der Waals surface area (Å²) in [4.78, 5) is 38.5. The highest BCUT2D eigenvalue weighted by Crippen LogP contribution is 2.27. The van der Waals surface area contributed by atoms with Crippen molar-refractivity contribution in [1.29, 1.82) is 0 Å². The maximum absolute atomic E-state index is 12.1. The fraction of sp³-hybridized carbons (Fsp3) is 0.750. The van der Waals surface area contributed by atoms with Crippen molar-refractivity contribution in [2.24, 2.45) is 0 Å². The first-order valence-corrected chi connectivity index (χ1v) is 6.30. The molecule has 6 nitrogen and oxygen atoms in total. The minimum atomic E-state index is -0.949. The lowest BCUT2D eigenvalue weighted by molar-refractivity contribution is -0.134. The molecule has 1 saturated carbocycles. The van der Waals surface area contributed by atoms with E-state index in [4.69, 9.17) is 0 Å². The van der Waals surface area contributed by atoms with Crippen LogP contribution in [0.5, 0.6) is 0 Å². The normalized spacial score (nSPS) is 22.1. The van der Waals surface area contributed by atoms with Crippen LogP contribution in [0.4, 0.5) is 4.79 Å². The van der Waals surface area contributed by atoms with Gasteiger partial charge in [0.2, 0.25) is 5.91 Å². The molecule has 6 heteroatoms. The fourth-order valence-corrected chi connectivity index (χ4v) is 2.21. The Labute approximate surface area is 106 Å². The topological polar surface area (TPSA) is 69.7 Å². The lowest BCUT2D eigenvalue weighted by Crippen LogP contribution is -2.50. The number of likely N-dealkylation sites (N-methyl/N-ethyl adjacent to an activating group) is 1. The Hall–Kier alpha value is -1.59. The van der Waals surface area contributed by atoms with Crippen LogP contribution in [-0.2, 0) is 9.59 Å². The molecule has 2 fully saturated rings. The summed E-state index contributed by atoms with van der Waals surface area (Å²) in [5.74, 6) is -0.437. The molecule has 4 amide bonds. The zero-order valence-corrected chi connectivity index (χ0v) is 11.0. The molecule has 18 heavy (non-hydrogen) atoms. The average Bonchev–Trinajstić information content (AvgIpc) is 3.07. The van der Waals surface area contributed by atoms with E-state index in [9.17, 15) is 14.4 Å². The van der Waals surface area contributed by atoms with E-state index in [1.165, 1.54) is 4.90 Å². The van der Waals surface area contributed by atoms with Crippen molar-refractivity contribution in [3.8, 4) is 0 Å². The molecule has 1 saturated heterocycles. The molecule has 1 N–H and O–H groups in total. The number of hydrogen-bond donors (Lipinski definition) is 1. The van der Waals surface area contributed by atoms with Gasteiger partial charge in [0, 0.05) is 12.6 Å². The first-order chi connectivity index (χ1) is 8.37. The average molecular weight is 253 g/mol. The molecule has 1 aliphatic heterocycles. The third kappa shape index (κ3) is 2.07. The van der Waals surface area contributed by atoms with E-state index < -0.39 is 11.6 Å². The third-order valence-corrected chi connectivity index (χ3v) is 3.64. The van der Waals surface area contributed by atoms with Crippen LogP contribution < -0.4 is 5.32 Å². The summed E-state index contributed by atoms with van der Waals surface area (Å²) < 4.78 is 0. The van der Waals surface area contributed by atoms with Gasteiger partial charge in [0.1, 0.15) is 12.1 Å². The number of nitrogens with one attached hydrogen (secondary N) is 1. The summed E-state index contributed by atoms with van der Waals surface area (Å²) in [6.07, 6.45) is 2.07. The number of carbonyl (C=O) groups excluding carboxylic acids is 3. The van der Waals surface area contributed by atoms with Crippen molar-refractivity contribution in [1.82, 2.24) is 15.1 Å². The summed E-state index contributed by atoms with van der Waals surface area (Å²) >= 11 is 0. The van der Waals surface area contributed by atoms with Crippen LogP contribution in [0.3, 0.4) is 0 Å². The zero-order chi connectivity index (χ0) is 13.5. The van der Waals surface area contributed by atoms with E-state index in [-0.39, 0.29) is 18.4 Å². The number of urea groups is 1. The van der Waals surface area contributed by atoms with E-state index in [2.05, 4.69) is 5.32 Å². The predicted octanol–water partition coefficient (Wildman–Crippen LogP) is 0.328. The van der Waals surface area contributed by atoms with Crippen LogP contribution in [0.25, 0.3) is 0 Å². The minimum absolute atomic E-state index is 0.0328. The van der Waals surface area contributed by atoms with Gasteiger partial charge in [-0.05, 0) is 33.6 Å². The van der Waals surface area contributed by atoms with Gasteiger partial charge in [0.15, 0.2) is 0 Å². The van der Waals surface area contributed by atoms with Crippen molar-refractivity contribution in [3.05, 3.63) is 0 Å². The Kier molecular flexibility index (Phi) is 3.04. The second kappa shape index (κ2) is 4.26. The summed E-state index contributed by atoms with van der Waals surface area (Å²) in [5, 5.41) is 2.24. The van der Waals surface area contributed by atoms with Gasteiger partial charge in [-0.2, -0.15) is 0 Å². The van der Waals surface area contributed by atoms with Crippen LogP contribution in [0, 0.1) is 0 Å². The van der Waals surface area contributed by atoms with Gasteiger partial charge in [0.05, 0.1) is 0 Å². The minimum Gasteiger partial charge on any atom is -0.338 e. The first kappa shape index (κ1) is 12.9. The highest BCUT2D eigenvalue weighted by atomic mass is 16.2. The van der Waals surface area contributed by atoms with Crippen molar-refractivity contribution >= 4 is 17.8 Å². The largest absolute Gasteiger partial charge is 0.338 e. The SMILES string of the molecule is CCN(C(=O)CN1C(=O)NC(=O)C1(C)C)C1CC1. The zero-order valence-electron chi connectivity index (χ0n) is 11.0. The molecule has 2 rings (SSSR count). The molecule has 0 atom stereocenters. The van der Waals surface area contributed by atoms with Crippen molar-refractivity contribution in [3.63, 3.8) is 0 Å². The van der Waals surface area contributed by atoms with Crippen LogP contribution in [0.1, 0.15) is 33.6 Å². The number of carbonyl (C=O) groups is 3. The summed E-state index contributed by atoms with van der Waals surface area (Å²) in [5.41, 5.74) is -0.949. The third-order valence-electron chi connectivity index (χ3n) is 3.64. The second-order valence-corrected chi connectivity index (χ2v) is 5.32. The molecule has 0 aromatic rings. The highest BCUT2D eigenvalue weighted by Gasteiger charge is 2.47. The van der Waals surface area contributed by atoms with Crippen LogP contribution in [0.2, 0.25) is 0 Å². The van der Waals surface area contributed by atoms with Crippen LogP contribution in [0.15, 0.2) is 0 Å². The second-order valence-electron chi connectivity index (χ2n) is 5.32. The Morgan fingerprint density at radius 1 is 1.44 bits per heavy atom. The lowest BCUT2D eigenvalue weighted by atomic mass is 10.0. The smallest absolute Gasteiger partial charge is 0.325 e.